The van der Waals surface area contributed by atoms with Crippen LogP contribution >= 0.6 is 0 Å². The minimum atomic E-state index is -2.98. The van der Waals surface area contributed by atoms with Crippen LogP contribution in [0.2, 0.25) is 0 Å². The summed E-state index contributed by atoms with van der Waals surface area (Å²) in [6.45, 7) is 8.67. The van der Waals surface area contributed by atoms with E-state index in [1.807, 2.05) is 19.1 Å². The zero-order valence-corrected chi connectivity index (χ0v) is 15.5. The summed E-state index contributed by atoms with van der Waals surface area (Å²) in [6, 6.07) is 5.91. The quantitative estimate of drug-likeness (QED) is 0.713. The number of rotatable bonds is 8. The predicted octanol–water partition coefficient (Wildman–Crippen LogP) is 2.62. The Bertz CT molecular complexity index is 639. The molecule has 23 heavy (non-hydrogen) atoms. The highest BCUT2D eigenvalue weighted by Gasteiger charge is 2.14. The van der Waals surface area contributed by atoms with Gasteiger partial charge in [0, 0.05) is 30.1 Å². The van der Waals surface area contributed by atoms with E-state index in [-0.39, 0.29) is 11.7 Å². The Balaban J connectivity index is 2.71. The first-order valence-electron chi connectivity index (χ1n) is 7.94. The van der Waals surface area contributed by atoms with Gasteiger partial charge in [0.2, 0.25) is 0 Å². The molecule has 0 heterocycles. The molecule has 0 fully saturated rings. The molecule has 5 nitrogen and oxygen atoms in total. The van der Waals surface area contributed by atoms with Gasteiger partial charge in [0.05, 0.1) is 5.75 Å². The lowest BCUT2D eigenvalue weighted by molar-refractivity contribution is 0.0953. The summed E-state index contributed by atoms with van der Waals surface area (Å²) in [4.78, 5) is 12.3. The molecule has 1 atom stereocenters. The number of hydrogen-bond acceptors (Lipinski definition) is 4. The zero-order valence-electron chi connectivity index (χ0n) is 14.6. The molecule has 0 radical (unpaired) electrons. The first kappa shape index (κ1) is 19.5. The summed E-state index contributed by atoms with van der Waals surface area (Å²) in [7, 11) is -2.98. The van der Waals surface area contributed by atoms with E-state index in [9.17, 15) is 13.2 Å². The minimum Gasteiger partial charge on any atom is -0.382 e. The average Bonchev–Trinajstić information content (AvgIpc) is 2.44. The van der Waals surface area contributed by atoms with E-state index in [4.69, 9.17) is 0 Å². The van der Waals surface area contributed by atoms with Gasteiger partial charge >= 0.3 is 0 Å². The summed E-state index contributed by atoms with van der Waals surface area (Å²) in [5.41, 5.74) is 2.47. The Hall–Kier alpha value is -1.56. The van der Waals surface area contributed by atoms with Crippen LogP contribution in [0.5, 0.6) is 0 Å². The van der Waals surface area contributed by atoms with Gasteiger partial charge in [-0.1, -0.05) is 19.9 Å². The van der Waals surface area contributed by atoms with Gasteiger partial charge in [-0.15, -0.1) is 0 Å². The topological polar surface area (TPSA) is 75.3 Å². The molecular formula is C17H28N2O3S. The van der Waals surface area contributed by atoms with Gasteiger partial charge in [-0.2, -0.15) is 0 Å². The van der Waals surface area contributed by atoms with Crippen molar-refractivity contribution in [1.29, 1.82) is 0 Å². The lowest BCUT2D eigenvalue weighted by Crippen LogP contribution is -2.27. The minimum absolute atomic E-state index is 0.0831. The molecule has 0 spiro atoms. The van der Waals surface area contributed by atoms with Crippen LogP contribution in [-0.4, -0.2) is 38.9 Å². The molecule has 130 valence electrons. The highest BCUT2D eigenvalue weighted by molar-refractivity contribution is 7.90. The monoisotopic (exact) mass is 340 g/mol. The van der Waals surface area contributed by atoms with Crippen LogP contribution in [0.1, 0.15) is 43.1 Å². The number of nitrogens with one attached hydrogen (secondary N) is 2. The second-order valence-corrected chi connectivity index (χ2v) is 8.65. The average molecular weight is 340 g/mol. The maximum atomic E-state index is 12.3. The molecule has 1 rings (SSSR count). The lowest BCUT2D eigenvalue weighted by Gasteiger charge is -2.21. The summed E-state index contributed by atoms with van der Waals surface area (Å²) >= 11 is 0. The molecule has 0 aromatic heterocycles. The van der Waals surface area contributed by atoms with Crippen LogP contribution in [0, 0.1) is 12.8 Å². The van der Waals surface area contributed by atoms with Gasteiger partial charge in [-0.05, 0) is 43.9 Å². The SMILES string of the molecule is Cc1c(NC(C)C(C)C)cccc1C(=O)NCCCS(C)(=O)=O. The normalized spacial score (nSPS) is 13.0. The number of hydrogen-bond donors (Lipinski definition) is 2. The maximum Gasteiger partial charge on any atom is 0.251 e. The summed E-state index contributed by atoms with van der Waals surface area (Å²) in [6.07, 6.45) is 1.62. The predicted molar refractivity (Wildman–Crippen MR) is 95.8 cm³/mol. The molecule has 0 aliphatic rings. The van der Waals surface area contributed by atoms with E-state index < -0.39 is 9.84 Å². The number of benzene rings is 1. The number of sulfone groups is 1. The third kappa shape index (κ3) is 6.60. The molecule has 6 heteroatoms. The summed E-state index contributed by atoms with van der Waals surface area (Å²) in [5, 5.41) is 6.22. The molecule has 0 aliphatic carbocycles. The van der Waals surface area contributed by atoms with Crippen LogP contribution in [0.4, 0.5) is 5.69 Å². The van der Waals surface area contributed by atoms with Crippen LogP contribution in [-0.2, 0) is 9.84 Å². The molecule has 1 aromatic carbocycles. The Morgan fingerprint density at radius 1 is 1.22 bits per heavy atom. The molecule has 2 N–H and O–H groups in total. The van der Waals surface area contributed by atoms with E-state index in [1.165, 1.54) is 6.26 Å². The van der Waals surface area contributed by atoms with Gasteiger partial charge in [-0.3, -0.25) is 4.79 Å². The maximum absolute atomic E-state index is 12.3. The van der Waals surface area contributed by atoms with Gasteiger partial charge in [0.25, 0.3) is 5.91 Å². The van der Waals surface area contributed by atoms with E-state index >= 15 is 0 Å². The Kier molecular flexibility index (Phi) is 7.06. The fraction of sp³-hybridized carbons (Fsp3) is 0.588. The molecule has 0 saturated heterocycles. The molecule has 1 unspecified atom stereocenters. The number of carbonyl (C=O) groups is 1. The van der Waals surface area contributed by atoms with Crippen molar-refractivity contribution in [2.45, 2.75) is 40.2 Å². The van der Waals surface area contributed by atoms with Gasteiger partial charge in [0.15, 0.2) is 0 Å². The van der Waals surface area contributed by atoms with Crippen molar-refractivity contribution < 1.29 is 13.2 Å². The van der Waals surface area contributed by atoms with E-state index in [0.717, 1.165) is 11.3 Å². The fourth-order valence-corrected chi connectivity index (χ4v) is 2.75. The second-order valence-electron chi connectivity index (χ2n) is 6.39. The first-order chi connectivity index (χ1) is 10.6. The number of amides is 1. The van der Waals surface area contributed by atoms with Gasteiger partial charge in [0.1, 0.15) is 9.84 Å². The van der Waals surface area contributed by atoms with Crippen molar-refractivity contribution in [2.24, 2.45) is 5.92 Å². The Morgan fingerprint density at radius 3 is 2.43 bits per heavy atom. The zero-order chi connectivity index (χ0) is 17.6. The standard InChI is InChI=1S/C17H28N2O3S/c1-12(2)14(4)19-16-9-6-8-15(13(16)3)17(20)18-10-7-11-23(5,21)22/h6,8-9,12,14,19H,7,10-11H2,1-5H3,(H,18,20). The number of carbonyl (C=O) groups excluding carboxylic acids is 1. The van der Waals surface area contributed by atoms with Crippen LogP contribution < -0.4 is 10.6 Å². The van der Waals surface area contributed by atoms with Crippen molar-refractivity contribution in [3.8, 4) is 0 Å². The van der Waals surface area contributed by atoms with Gasteiger partial charge < -0.3 is 10.6 Å². The molecule has 0 bridgehead atoms. The van der Waals surface area contributed by atoms with Crippen LogP contribution in [0.25, 0.3) is 0 Å². The van der Waals surface area contributed by atoms with Crippen LogP contribution in [0.3, 0.4) is 0 Å². The molecular weight excluding hydrogens is 312 g/mol. The summed E-state index contributed by atoms with van der Waals surface area (Å²) < 4.78 is 22.2. The number of anilines is 1. The van der Waals surface area contributed by atoms with Gasteiger partial charge in [-0.25, -0.2) is 8.42 Å². The fourth-order valence-electron chi connectivity index (χ4n) is 2.08. The van der Waals surface area contributed by atoms with Crippen molar-refractivity contribution >= 4 is 21.4 Å². The second kappa shape index (κ2) is 8.34. The summed E-state index contributed by atoms with van der Waals surface area (Å²) in [5.74, 6) is 0.402. The van der Waals surface area contributed by atoms with E-state index in [2.05, 4.69) is 31.4 Å². The van der Waals surface area contributed by atoms with Crippen molar-refractivity contribution in [2.75, 3.05) is 23.9 Å². The van der Waals surface area contributed by atoms with E-state index in [0.29, 0.717) is 30.5 Å². The highest BCUT2D eigenvalue weighted by Crippen LogP contribution is 2.21. The third-order valence-electron chi connectivity index (χ3n) is 3.94. The molecule has 1 aromatic rings. The third-order valence-corrected chi connectivity index (χ3v) is 4.97. The smallest absolute Gasteiger partial charge is 0.251 e. The molecule has 0 saturated carbocycles. The molecule has 0 aliphatic heterocycles. The largest absolute Gasteiger partial charge is 0.382 e. The molecule has 1 amide bonds. The van der Waals surface area contributed by atoms with E-state index in [1.54, 1.807) is 6.07 Å². The highest BCUT2D eigenvalue weighted by atomic mass is 32.2. The Morgan fingerprint density at radius 2 is 1.87 bits per heavy atom. The van der Waals surface area contributed by atoms with Crippen molar-refractivity contribution in [1.82, 2.24) is 5.32 Å². The lowest BCUT2D eigenvalue weighted by atomic mass is 10.0. The van der Waals surface area contributed by atoms with Crippen LogP contribution in [0.15, 0.2) is 18.2 Å². The van der Waals surface area contributed by atoms with Crippen molar-refractivity contribution in [3.05, 3.63) is 29.3 Å². The first-order valence-corrected chi connectivity index (χ1v) is 10.00. The Labute approximate surface area is 139 Å². The van der Waals surface area contributed by atoms with Crippen molar-refractivity contribution in [3.63, 3.8) is 0 Å².